The number of anilines is 2. The van der Waals surface area contributed by atoms with Gasteiger partial charge < -0.3 is 16.0 Å². The van der Waals surface area contributed by atoms with E-state index in [9.17, 15) is 22.8 Å². The maximum Gasteiger partial charge on any atom is 0.416 e. The molecule has 0 radical (unpaired) electrons. The van der Waals surface area contributed by atoms with Crippen molar-refractivity contribution in [3.63, 3.8) is 0 Å². The van der Waals surface area contributed by atoms with Crippen LogP contribution < -0.4 is 16.0 Å². The lowest BCUT2D eigenvalue weighted by molar-refractivity contribution is -0.137. The van der Waals surface area contributed by atoms with Crippen LogP contribution in [-0.2, 0) is 11.0 Å². The molecule has 0 aliphatic carbocycles. The number of halogens is 3. The molecule has 0 spiro atoms. The Labute approximate surface area is 155 Å². The first kappa shape index (κ1) is 20.3. The molecule has 0 fully saturated rings. The average molecular weight is 379 g/mol. The van der Waals surface area contributed by atoms with E-state index in [4.69, 9.17) is 0 Å². The summed E-state index contributed by atoms with van der Waals surface area (Å²) in [6.07, 6.45) is -4.44. The molecule has 3 N–H and O–H groups in total. The fourth-order valence-corrected chi connectivity index (χ4v) is 2.33. The second kappa shape index (κ2) is 8.57. The number of amides is 3. The van der Waals surface area contributed by atoms with Crippen molar-refractivity contribution in [2.45, 2.75) is 26.1 Å². The predicted molar refractivity (Wildman–Crippen MR) is 97.3 cm³/mol. The number of carbonyl (C=O) groups is 2. The highest BCUT2D eigenvalue weighted by Crippen LogP contribution is 2.29. The first-order chi connectivity index (χ1) is 12.7. The van der Waals surface area contributed by atoms with Crippen LogP contribution in [-0.4, -0.2) is 18.0 Å². The SMILES string of the molecule is CC(C)C(NC(=O)Nc1ccccc1)C(=O)Nc1ccc(C(F)(F)F)cc1. The van der Waals surface area contributed by atoms with Gasteiger partial charge in [-0.2, -0.15) is 13.2 Å². The monoisotopic (exact) mass is 379 g/mol. The molecule has 0 heterocycles. The normalized spacial score (nSPS) is 12.4. The van der Waals surface area contributed by atoms with Gasteiger partial charge in [0.15, 0.2) is 0 Å². The van der Waals surface area contributed by atoms with Gasteiger partial charge in [0.05, 0.1) is 5.56 Å². The quantitative estimate of drug-likeness (QED) is 0.716. The largest absolute Gasteiger partial charge is 0.416 e. The molecule has 0 saturated heterocycles. The molecule has 2 aromatic carbocycles. The van der Waals surface area contributed by atoms with E-state index in [1.807, 2.05) is 0 Å². The molecular weight excluding hydrogens is 359 g/mol. The van der Waals surface area contributed by atoms with Crippen molar-refractivity contribution in [2.24, 2.45) is 5.92 Å². The zero-order valence-corrected chi connectivity index (χ0v) is 14.8. The van der Waals surface area contributed by atoms with Gasteiger partial charge >= 0.3 is 12.2 Å². The molecule has 0 aliphatic rings. The first-order valence-electron chi connectivity index (χ1n) is 8.27. The average Bonchev–Trinajstić information content (AvgIpc) is 2.60. The van der Waals surface area contributed by atoms with Gasteiger partial charge in [0.2, 0.25) is 5.91 Å². The minimum absolute atomic E-state index is 0.212. The van der Waals surface area contributed by atoms with Crippen LogP contribution in [0.1, 0.15) is 19.4 Å². The van der Waals surface area contributed by atoms with E-state index in [-0.39, 0.29) is 11.6 Å². The van der Waals surface area contributed by atoms with Gasteiger partial charge in [0, 0.05) is 11.4 Å². The molecule has 144 valence electrons. The summed E-state index contributed by atoms with van der Waals surface area (Å²) in [5.41, 5.74) is -0.0224. The standard InChI is InChI=1S/C19H20F3N3O2/c1-12(2)16(25-18(27)24-14-6-4-3-5-7-14)17(26)23-15-10-8-13(9-11-15)19(20,21)22/h3-12,16H,1-2H3,(H,23,26)(H2,24,25,27). The summed E-state index contributed by atoms with van der Waals surface area (Å²) in [5.74, 6) is -0.756. The number of hydrogen-bond acceptors (Lipinski definition) is 2. The lowest BCUT2D eigenvalue weighted by Crippen LogP contribution is -2.48. The molecule has 5 nitrogen and oxygen atoms in total. The summed E-state index contributed by atoms with van der Waals surface area (Å²) >= 11 is 0. The van der Waals surface area contributed by atoms with E-state index in [0.717, 1.165) is 12.1 Å². The number of alkyl halides is 3. The molecule has 0 aliphatic heterocycles. The number of hydrogen-bond donors (Lipinski definition) is 3. The molecule has 2 rings (SSSR count). The van der Waals surface area contributed by atoms with Gasteiger partial charge in [-0.3, -0.25) is 4.79 Å². The highest BCUT2D eigenvalue weighted by Gasteiger charge is 2.30. The number of rotatable bonds is 5. The third kappa shape index (κ3) is 6.02. The van der Waals surface area contributed by atoms with Gasteiger partial charge in [0.25, 0.3) is 0 Å². The fraction of sp³-hybridized carbons (Fsp3) is 0.263. The Kier molecular flexibility index (Phi) is 6.44. The van der Waals surface area contributed by atoms with Crippen molar-refractivity contribution in [3.8, 4) is 0 Å². The number of para-hydroxylation sites is 1. The van der Waals surface area contributed by atoms with Crippen LogP contribution in [0.4, 0.5) is 29.3 Å². The molecule has 0 bridgehead atoms. The summed E-state index contributed by atoms with van der Waals surface area (Å²) in [5, 5.41) is 7.72. The van der Waals surface area contributed by atoms with Gasteiger partial charge in [-0.25, -0.2) is 4.79 Å². The van der Waals surface area contributed by atoms with Crippen LogP contribution in [0.5, 0.6) is 0 Å². The summed E-state index contributed by atoms with van der Waals surface area (Å²) < 4.78 is 37.8. The van der Waals surface area contributed by atoms with Crippen LogP contribution in [0.15, 0.2) is 54.6 Å². The lowest BCUT2D eigenvalue weighted by Gasteiger charge is -2.22. The zero-order chi connectivity index (χ0) is 20.0. The third-order valence-electron chi connectivity index (χ3n) is 3.75. The maximum atomic E-state index is 12.6. The summed E-state index contributed by atoms with van der Waals surface area (Å²) in [6.45, 7) is 3.50. The topological polar surface area (TPSA) is 70.2 Å². The van der Waals surface area contributed by atoms with Crippen LogP contribution in [0.25, 0.3) is 0 Å². The second-order valence-corrected chi connectivity index (χ2v) is 6.25. The lowest BCUT2D eigenvalue weighted by atomic mass is 10.0. The number of benzene rings is 2. The third-order valence-corrected chi connectivity index (χ3v) is 3.75. The Morgan fingerprint density at radius 1 is 0.852 bits per heavy atom. The van der Waals surface area contributed by atoms with E-state index in [2.05, 4.69) is 16.0 Å². The minimum Gasteiger partial charge on any atom is -0.326 e. The summed E-state index contributed by atoms with van der Waals surface area (Å²) in [7, 11) is 0. The molecule has 3 amide bonds. The Balaban J connectivity index is 2.01. The smallest absolute Gasteiger partial charge is 0.326 e. The minimum atomic E-state index is -4.44. The van der Waals surface area contributed by atoms with Gasteiger partial charge in [-0.1, -0.05) is 32.0 Å². The van der Waals surface area contributed by atoms with Crippen LogP contribution in [0.2, 0.25) is 0 Å². The van der Waals surface area contributed by atoms with Gasteiger partial charge in [-0.05, 0) is 42.3 Å². The van der Waals surface area contributed by atoms with Crippen LogP contribution in [0.3, 0.4) is 0 Å². The highest BCUT2D eigenvalue weighted by molar-refractivity contribution is 5.99. The molecule has 1 atom stereocenters. The summed E-state index contributed by atoms with van der Waals surface area (Å²) in [4.78, 5) is 24.6. The number of urea groups is 1. The Morgan fingerprint density at radius 3 is 1.93 bits per heavy atom. The maximum absolute atomic E-state index is 12.6. The van der Waals surface area contributed by atoms with Gasteiger partial charge in [-0.15, -0.1) is 0 Å². The van der Waals surface area contributed by atoms with Gasteiger partial charge in [0.1, 0.15) is 6.04 Å². The Bertz CT molecular complexity index is 775. The highest BCUT2D eigenvalue weighted by atomic mass is 19.4. The molecule has 0 saturated carbocycles. The van der Waals surface area contributed by atoms with E-state index in [1.165, 1.54) is 12.1 Å². The molecule has 1 unspecified atom stereocenters. The van der Waals surface area contributed by atoms with Crippen molar-refractivity contribution in [1.82, 2.24) is 5.32 Å². The second-order valence-electron chi connectivity index (χ2n) is 6.25. The van der Waals surface area contributed by atoms with E-state index in [0.29, 0.717) is 5.69 Å². The van der Waals surface area contributed by atoms with E-state index < -0.39 is 29.7 Å². The molecule has 0 aromatic heterocycles. The van der Waals surface area contributed by atoms with E-state index in [1.54, 1.807) is 44.2 Å². The Morgan fingerprint density at radius 2 is 1.41 bits per heavy atom. The van der Waals surface area contributed by atoms with Crippen molar-refractivity contribution < 1.29 is 22.8 Å². The molecule has 8 heteroatoms. The van der Waals surface area contributed by atoms with Crippen LogP contribution >= 0.6 is 0 Å². The van der Waals surface area contributed by atoms with Crippen molar-refractivity contribution in [2.75, 3.05) is 10.6 Å². The Hall–Kier alpha value is -3.03. The first-order valence-corrected chi connectivity index (χ1v) is 8.27. The number of carbonyl (C=O) groups excluding carboxylic acids is 2. The molecular formula is C19H20F3N3O2. The molecule has 27 heavy (non-hydrogen) atoms. The van der Waals surface area contributed by atoms with Crippen LogP contribution in [0, 0.1) is 5.92 Å². The van der Waals surface area contributed by atoms with Crippen molar-refractivity contribution in [1.29, 1.82) is 0 Å². The zero-order valence-electron chi connectivity index (χ0n) is 14.8. The summed E-state index contributed by atoms with van der Waals surface area (Å²) in [6, 6.07) is 11.4. The number of nitrogens with one attached hydrogen (secondary N) is 3. The van der Waals surface area contributed by atoms with Crippen molar-refractivity contribution in [3.05, 3.63) is 60.2 Å². The van der Waals surface area contributed by atoms with Crippen molar-refractivity contribution >= 4 is 23.3 Å². The molecule has 2 aromatic rings. The fourth-order valence-electron chi connectivity index (χ4n) is 2.33. The van der Waals surface area contributed by atoms with E-state index >= 15 is 0 Å². The predicted octanol–water partition coefficient (Wildman–Crippen LogP) is 4.49.